The molecule has 2 unspecified atom stereocenters. The molecule has 0 radical (unpaired) electrons. The van der Waals surface area contributed by atoms with Crippen molar-refractivity contribution >= 4 is 15.6 Å². The second kappa shape index (κ2) is 16.7. The molecule has 0 aliphatic heterocycles. The monoisotopic (exact) mass is 494 g/mol. The van der Waals surface area contributed by atoms with Crippen molar-refractivity contribution in [1.29, 1.82) is 0 Å². The van der Waals surface area contributed by atoms with E-state index in [2.05, 4.69) is 52.4 Å². The van der Waals surface area contributed by atoms with Gasteiger partial charge in [-0.1, -0.05) is 46.6 Å². The normalized spacial score (nSPS) is 17.1. The Balaban J connectivity index is 4.27. The van der Waals surface area contributed by atoms with Gasteiger partial charge in [-0.05, 0) is 60.3 Å². The van der Waals surface area contributed by atoms with Crippen LogP contribution >= 0.6 is 15.6 Å². The Hall–Kier alpha value is -0.820. The van der Waals surface area contributed by atoms with Gasteiger partial charge in [0, 0.05) is 14.2 Å². The van der Waals surface area contributed by atoms with Gasteiger partial charge < -0.3 is 9.63 Å². The van der Waals surface area contributed by atoms with Gasteiger partial charge in [0.15, 0.2) is 0 Å². The van der Waals surface area contributed by atoms with Crippen molar-refractivity contribution in [3.05, 3.63) is 46.6 Å². The number of phosphoric ester groups is 2. The average molecular weight is 495 g/mol. The number of hydrogen-bond acceptors (Lipinski definition) is 7. The lowest BCUT2D eigenvalue weighted by Crippen LogP contribution is -1.98. The second-order valence-corrected chi connectivity index (χ2v) is 11.2. The van der Waals surface area contributed by atoms with Gasteiger partial charge in [0.2, 0.25) is 0 Å². The van der Waals surface area contributed by atoms with Crippen LogP contribution in [0.15, 0.2) is 46.6 Å². The van der Waals surface area contributed by atoms with Crippen molar-refractivity contribution in [2.24, 2.45) is 0 Å². The molecule has 0 heterocycles. The molecule has 186 valence electrons. The molecule has 0 rings (SSSR count). The van der Waals surface area contributed by atoms with Crippen LogP contribution in [0.5, 0.6) is 0 Å². The number of rotatable bonds is 17. The highest BCUT2D eigenvalue weighted by molar-refractivity contribution is 7.61. The summed E-state index contributed by atoms with van der Waals surface area (Å²) in [5.41, 5.74) is 4.84. The van der Waals surface area contributed by atoms with Crippen LogP contribution in [-0.2, 0) is 31.7 Å². The van der Waals surface area contributed by atoms with E-state index >= 15 is 0 Å². The standard InChI is InChI=1S/C22H40O8P2/c1-19(2)10-8-11-20(3)14-16-28-18-22(5)13-9-12-21(4)15-17-29-32(25,27-7)30-31(23,24)26-6/h10,13-15H,8-9,11-12,16-18H2,1-7H3,(H,23,24)/b20-14-,21-15+,22-13+. The molecule has 0 aromatic carbocycles. The van der Waals surface area contributed by atoms with Crippen LogP contribution < -0.4 is 0 Å². The molecule has 0 saturated heterocycles. The smallest absolute Gasteiger partial charge is 0.373 e. The third kappa shape index (κ3) is 16.8. The van der Waals surface area contributed by atoms with Gasteiger partial charge in [0.25, 0.3) is 0 Å². The summed E-state index contributed by atoms with van der Waals surface area (Å²) in [4.78, 5) is 9.26. The predicted octanol–water partition coefficient (Wildman–Crippen LogP) is 6.90. The molecule has 0 aromatic rings. The van der Waals surface area contributed by atoms with Gasteiger partial charge in [-0.25, -0.2) is 9.13 Å². The van der Waals surface area contributed by atoms with Crippen molar-refractivity contribution < 1.29 is 36.6 Å². The van der Waals surface area contributed by atoms with Crippen molar-refractivity contribution in [2.75, 3.05) is 34.0 Å². The first-order valence-electron chi connectivity index (χ1n) is 10.5. The Kier molecular flexibility index (Phi) is 16.3. The molecule has 0 aliphatic carbocycles. The molecule has 0 saturated carbocycles. The summed E-state index contributed by atoms with van der Waals surface area (Å²) in [6.45, 7) is 11.4. The van der Waals surface area contributed by atoms with E-state index in [0.717, 1.165) is 51.0 Å². The molecule has 1 N–H and O–H groups in total. The Labute approximate surface area is 193 Å². The highest BCUT2D eigenvalue weighted by Crippen LogP contribution is 2.62. The minimum Gasteiger partial charge on any atom is -0.373 e. The SMILES string of the molecule is COP(=O)(O)OP(=O)(OC)OC/C=C(\C)CC/C=C(\C)COC/C=C(/C)CCC=C(C)C. The van der Waals surface area contributed by atoms with Gasteiger partial charge in [-0.15, -0.1) is 0 Å². The van der Waals surface area contributed by atoms with Gasteiger partial charge in [-0.3, -0.25) is 13.6 Å². The molecule has 32 heavy (non-hydrogen) atoms. The lowest BCUT2D eigenvalue weighted by Gasteiger charge is -2.16. The zero-order valence-electron chi connectivity index (χ0n) is 20.5. The Morgan fingerprint density at radius 2 is 1.34 bits per heavy atom. The lowest BCUT2D eigenvalue weighted by molar-refractivity contribution is 0.161. The van der Waals surface area contributed by atoms with Gasteiger partial charge in [0.1, 0.15) is 0 Å². The topological polar surface area (TPSA) is 101 Å². The van der Waals surface area contributed by atoms with Crippen LogP contribution in [-0.4, -0.2) is 38.9 Å². The largest absolute Gasteiger partial charge is 0.483 e. The molecule has 0 aliphatic rings. The molecule has 0 aromatic heterocycles. The van der Waals surface area contributed by atoms with E-state index in [1.165, 1.54) is 11.1 Å². The Morgan fingerprint density at radius 3 is 1.88 bits per heavy atom. The average Bonchev–Trinajstić information content (AvgIpc) is 2.70. The van der Waals surface area contributed by atoms with E-state index in [-0.39, 0.29) is 6.61 Å². The van der Waals surface area contributed by atoms with E-state index in [0.29, 0.717) is 13.2 Å². The molecule has 10 heteroatoms. The van der Waals surface area contributed by atoms with Crippen LogP contribution in [0.1, 0.15) is 60.3 Å². The summed E-state index contributed by atoms with van der Waals surface area (Å²) in [5.74, 6) is 0. The van der Waals surface area contributed by atoms with E-state index in [1.54, 1.807) is 6.08 Å². The molecule has 0 bridgehead atoms. The molecule has 8 nitrogen and oxygen atoms in total. The van der Waals surface area contributed by atoms with Gasteiger partial charge in [0.05, 0.1) is 19.8 Å². The molecule has 0 spiro atoms. The van der Waals surface area contributed by atoms with Crippen LogP contribution in [0.25, 0.3) is 0 Å². The Morgan fingerprint density at radius 1 is 0.781 bits per heavy atom. The number of allylic oxidation sites excluding steroid dienone is 5. The van der Waals surface area contributed by atoms with Crippen LogP contribution in [0, 0.1) is 0 Å². The highest BCUT2D eigenvalue weighted by Gasteiger charge is 2.36. The van der Waals surface area contributed by atoms with E-state index in [4.69, 9.17) is 9.26 Å². The fourth-order valence-electron chi connectivity index (χ4n) is 2.36. The predicted molar refractivity (Wildman–Crippen MR) is 128 cm³/mol. The van der Waals surface area contributed by atoms with Crippen molar-refractivity contribution in [2.45, 2.75) is 60.3 Å². The second-order valence-electron chi connectivity index (χ2n) is 7.68. The third-order valence-electron chi connectivity index (χ3n) is 4.32. The van der Waals surface area contributed by atoms with Crippen LogP contribution in [0.4, 0.5) is 0 Å². The minimum atomic E-state index is -4.49. The molecule has 0 amide bonds. The first-order valence-corrected chi connectivity index (χ1v) is 13.5. The summed E-state index contributed by atoms with van der Waals surface area (Å²) in [7, 11) is -6.66. The first-order chi connectivity index (χ1) is 14.9. The van der Waals surface area contributed by atoms with Crippen LogP contribution in [0.2, 0.25) is 0 Å². The maximum atomic E-state index is 12.1. The maximum Gasteiger partial charge on any atom is 0.483 e. The van der Waals surface area contributed by atoms with E-state index in [9.17, 15) is 14.0 Å². The fraction of sp³-hybridized carbons (Fsp3) is 0.636. The number of phosphoric acid groups is 2. The van der Waals surface area contributed by atoms with Crippen molar-refractivity contribution in [3.8, 4) is 0 Å². The van der Waals surface area contributed by atoms with Crippen LogP contribution in [0.3, 0.4) is 0 Å². The number of hydrogen-bond donors (Lipinski definition) is 1. The summed E-state index contributed by atoms with van der Waals surface area (Å²) in [5, 5.41) is 0. The molecular weight excluding hydrogens is 454 g/mol. The zero-order valence-corrected chi connectivity index (χ0v) is 22.2. The van der Waals surface area contributed by atoms with Gasteiger partial charge >= 0.3 is 15.6 Å². The Bertz CT molecular complexity index is 764. The van der Waals surface area contributed by atoms with Crippen molar-refractivity contribution in [3.63, 3.8) is 0 Å². The highest BCUT2D eigenvalue weighted by atomic mass is 31.3. The first kappa shape index (κ1) is 31.2. The van der Waals surface area contributed by atoms with Crippen molar-refractivity contribution in [1.82, 2.24) is 0 Å². The summed E-state index contributed by atoms with van der Waals surface area (Å²) >= 11 is 0. The molecular formula is C22H40O8P2. The zero-order chi connectivity index (χ0) is 24.6. The third-order valence-corrected chi connectivity index (χ3v) is 7.32. The van der Waals surface area contributed by atoms with E-state index < -0.39 is 15.6 Å². The fourth-order valence-corrected chi connectivity index (χ4v) is 4.45. The van der Waals surface area contributed by atoms with Gasteiger partial charge in [-0.2, -0.15) is 4.31 Å². The quantitative estimate of drug-likeness (QED) is 0.132. The lowest BCUT2D eigenvalue weighted by atomic mass is 10.1. The summed E-state index contributed by atoms with van der Waals surface area (Å²) in [6.07, 6.45) is 11.9. The molecule has 2 atom stereocenters. The minimum absolute atomic E-state index is 0.0915. The summed E-state index contributed by atoms with van der Waals surface area (Å²) < 4.78 is 47.5. The maximum absolute atomic E-state index is 12.1. The van der Waals surface area contributed by atoms with E-state index in [1.807, 2.05) is 13.8 Å². The number of ether oxygens (including phenoxy) is 1. The summed E-state index contributed by atoms with van der Waals surface area (Å²) in [6, 6.07) is 0. The molecule has 0 fully saturated rings.